The van der Waals surface area contributed by atoms with Gasteiger partial charge in [-0.15, -0.1) is 11.8 Å². The Morgan fingerprint density at radius 2 is 2.15 bits per heavy atom. The molecule has 1 aliphatic heterocycles. The Morgan fingerprint density at radius 1 is 1.35 bits per heavy atom. The van der Waals surface area contributed by atoms with Crippen LogP contribution in [0, 0.1) is 5.82 Å². The molecule has 0 radical (unpaired) electrons. The molecule has 1 unspecified atom stereocenters. The molecule has 0 spiro atoms. The first-order chi connectivity index (χ1) is 9.65. The molecule has 1 aliphatic rings. The van der Waals surface area contributed by atoms with E-state index in [2.05, 4.69) is 28.1 Å². The zero-order valence-corrected chi connectivity index (χ0v) is 13.6. The molecule has 1 atom stereocenters. The van der Waals surface area contributed by atoms with E-state index in [4.69, 9.17) is 16.3 Å². The first-order valence-corrected chi connectivity index (χ1v) is 8.30. The lowest BCUT2D eigenvalue weighted by molar-refractivity contribution is 0.295. The summed E-state index contributed by atoms with van der Waals surface area (Å²) in [5, 5.41) is 0.0889. The van der Waals surface area contributed by atoms with Crippen molar-refractivity contribution in [2.24, 2.45) is 0 Å². The van der Waals surface area contributed by atoms with Crippen LogP contribution in [0.25, 0.3) is 0 Å². The summed E-state index contributed by atoms with van der Waals surface area (Å²) in [4.78, 5) is 1.31. The van der Waals surface area contributed by atoms with Crippen LogP contribution in [0.3, 0.4) is 0 Å². The average molecular weight is 374 g/mol. The lowest BCUT2D eigenvalue weighted by atomic mass is 10.0. The minimum atomic E-state index is -0.467. The topological polar surface area (TPSA) is 9.23 Å². The van der Waals surface area contributed by atoms with Gasteiger partial charge in [0, 0.05) is 22.6 Å². The highest BCUT2D eigenvalue weighted by molar-refractivity contribution is 9.10. The van der Waals surface area contributed by atoms with Gasteiger partial charge < -0.3 is 4.74 Å². The fourth-order valence-corrected chi connectivity index (χ4v) is 4.16. The van der Waals surface area contributed by atoms with Crippen molar-refractivity contribution in [2.45, 2.75) is 10.8 Å². The van der Waals surface area contributed by atoms with Crippen molar-refractivity contribution in [3.8, 4) is 5.75 Å². The second kappa shape index (κ2) is 5.96. The van der Waals surface area contributed by atoms with E-state index < -0.39 is 5.82 Å². The van der Waals surface area contributed by atoms with Crippen molar-refractivity contribution in [3.63, 3.8) is 0 Å². The number of fused-ring (bicyclic) bond motifs is 1. The molecule has 0 amide bonds. The fraction of sp³-hybridized carbons (Fsp3) is 0.200. The van der Waals surface area contributed by atoms with E-state index in [1.54, 1.807) is 0 Å². The number of hydrogen-bond donors (Lipinski definition) is 0. The van der Waals surface area contributed by atoms with Gasteiger partial charge >= 0.3 is 0 Å². The lowest BCUT2D eigenvalue weighted by Crippen LogP contribution is -2.10. The number of rotatable bonds is 3. The van der Waals surface area contributed by atoms with Gasteiger partial charge in [-0.2, -0.15) is 0 Å². The molecule has 2 aromatic rings. The summed E-state index contributed by atoms with van der Waals surface area (Å²) >= 11 is 10.9. The molecule has 5 heteroatoms. The molecule has 0 N–H and O–H groups in total. The molecule has 0 saturated heterocycles. The highest BCUT2D eigenvalue weighted by atomic mass is 79.9. The molecule has 1 nitrogen and oxygen atoms in total. The number of benzene rings is 2. The zero-order chi connectivity index (χ0) is 14.1. The number of halogens is 3. The molecular formula is C15H11BrClFOS. The van der Waals surface area contributed by atoms with Crippen molar-refractivity contribution in [1.29, 1.82) is 0 Å². The summed E-state index contributed by atoms with van der Waals surface area (Å²) in [5.74, 6) is 1.35. The Morgan fingerprint density at radius 3 is 3.00 bits per heavy atom. The summed E-state index contributed by atoms with van der Waals surface area (Å²) in [6, 6.07) is 11.2. The van der Waals surface area contributed by atoms with Gasteiger partial charge in [0.25, 0.3) is 0 Å². The Hall–Kier alpha value is -0.710. The van der Waals surface area contributed by atoms with Crippen molar-refractivity contribution in [2.75, 3.05) is 12.4 Å². The third-order valence-corrected chi connectivity index (χ3v) is 5.37. The first kappa shape index (κ1) is 14.2. The Kier molecular flexibility index (Phi) is 4.24. The van der Waals surface area contributed by atoms with Crippen molar-refractivity contribution in [3.05, 3.63) is 57.3 Å². The maximum absolute atomic E-state index is 13.5. The van der Waals surface area contributed by atoms with Crippen LogP contribution in [0.1, 0.15) is 11.5 Å². The first-order valence-electron chi connectivity index (χ1n) is 6.14. The van der Waals surface area contributed by atoms with Gasteiger partial charge in [-0.3, -0.25) is 0 Å². The number of ether oxygens (including phenoxy) is 1. The molecule has 0 bridgehead atoms. The third kappa shape index (κ3) is 2.83. The van der Waals surface area contributed by atoms with Crippen LogP contribution in [0.4, 0.5) is 4.39 Å². The molecule has 0 aromatic heterocycles. The molecule has 0 saturated carbocycles. The van der Waals surface area contributed by atoms with Crippen LogP contribution in [0.2, 0.25) is 5.02 Å². The smallest absolute Gasteiger partial charge is 0.145 e. The van der Waals surface area contributed by atoms with Crippen LogP contribution in [-0.4, -0.2) is 12.4 Å². The van der Waals surface area contributed by atoms with E-state index >= 15 is 0 Å². The predicted molar refractivity (Wildman–Crippen MR) is 84.5 cm³/mol. The monoisotopic (exact) mass is 372 g/mol. The molecule has 20 heavy (non-hydrogen) atoms. The molecule has 0 aliphatic carbocycles. The van der Waals surface area contributed by atoms with Gasteiger partial charge in [-0.25, -0.2) is 4.39 Å². The summed E-state index contributed by atoms with van der Waals surface area (Å²) < 4.78 is 19.9. The Bertz CT molecular complexity index is 650. The maximum Gasteiger partial charge on any atom is 0.145 e. The van der Waals surface area contributed by atoms with Crippen molar-refractivity contribution in [1.82, 2.24) is 0 Å². The molecule has 2 aromatic carbocycles. The Balaban J connectivity index is 1.74. The van der Waals surface area contributed by atoms with E-state index in [9.17, 15) is 4.39 Å². The van der Waals surface area contributed by atoms with Gasteiger partial charge in [0.15, 0.2) is 0 Å². The van der Waals surface area contributed by atoms with Crippen LogP contribution in [0.15, 0.2) is 45.8 Å². The van der Waals surface area contributed by atoms with Crippen LogP contribution >= 0.6 is 39.3 Å². The van der Waals surface area contributed by atoms with Crippen LogP contribution < -0.4 is 4.74 Å². The van der Waals surface area contributed by atoms with Crippen molar-refractivity contribution < 1.29 is 9.13 Å². The van der Waals surface area contributed by atoms with Gasteiger partial charge in [0.1, 0.15) is 11.6 Å². The van der Waals surface area contributed by atoms with Crippen LogP contribution in [-0.2, 0) is 0 Å². The second-order valence-corrected chi connectivity index (χ2v) is 6.88. The van der Waals surface area contributed by atoms with Gasteiger partial charge in [-0.05, 0) is 33.6 Å². The summed E-state index contributed by atoms with van der Waals surface area (Å²) in [6.07, 6.45) is 0. The quantitative estimate of drug-likeness (QED) is 0.656. The Labute approximate surface area is 134 Å². The minimum Gasteiger partial charge on any atom is -0.492 e. The molecule has 104 valence electrons. The largest absolute Gasteiger partial charge is 0.492 e. The van der Waals surface area contributed by atoms with E-state index in [0.29, 0.717) is 22.7 Å². The fourth-order valence-electron chi connectivity index (χ4n) is 2.17. The predicted octanol–water partition coefficient (Wildman–Crippen LogP) is 5.51. The van der Waals surface area contributed by atoms with Crippen molar-refractivity contribution >= 4 is 39.3 Å². The second-order valence-electron chi connectivity index (χ2n) is 4.55. The molecule has 1 heterocycles. The lowest BCUT2D eigenvalue weighted by Gasteiger charge is -2.14. The highest BCUT2D eigenvalue weighted by Crippen LogP contribution is 2.40. The zero-order valence-electron chi connectivity index (χ0n) is 10.4. The van der Waals surface area contributed by atoms with Gasteiger partial charge in [0.05, 0.1) is 16.1 Å². The van der Waals surface area contributed by atoms with Gasteiger partial charge in [0.2, 0.25) is 0 Å². The molecular weight excluding hydrogens is 363 g/mol. The highest BCUT2D eigenvalue weighted by Gasteiger charge is 2.23. The van der Waals surface area contributed by atoms with E-state index in [-0.39, 0.29) is 5.02 Å². The number of thioether (sulfide) groups is 1. The van der Waals surface area contributed by atoms with Crippen LogP contribution in [0.5, 0.6) is 5.75 Å². The summed E-state index contributed by atoms with van der Waals surface area (Å²) in [7, 11) is 0. The normalized spacial score (nSPS) is 17.1. The molecule has 0 fully saturated rings. The van der Waals surface area contributed by atoms with Gasteiger partial charge in [-0.1, -0.05) is 29.8 Å². The SMILES string of the molecule is Fc1cc(OCC2CSc3ccccc32)c(Br)cc1Cl. The number of hydrogen-bond acceptors (Lipinski definition) is 2. The maximum atomic E-state index is 13.5. The molecule has 3 rings (SSSR count). The minimum absolute atomic E-state index is 0.0889. The van der Waals surface area contributed by atoms with E-state index in [1.165, 1.54) is 22.6 Å². The third-order valence-electron chi connectivity index (χ3n) is 3.21. The van der Waals surface area contributed by atoms with E-state index in [1.807, 2.05) is 23.9 Å². The van der Waals surface area contributed by atoms with E-state index in [0.717, 1.165) is 5.75 Å². The summed E-state index contributed by atoms with van der Waals surface area (Å²) in [6.45, 7) is 0.531. The summed E-state index contributed by atoms with van der Waals surface area (Å²) in [5.41, 5.74) is 1.31. The average Bonchev–Trinajstić information content (AvgIpc) is 2.85. The standard InChI is InChI=1S/C15H11BrClFOS/c16-11-5-12(17)13(18)6-14(11)19-7-9-8-20-15-4-2-1-3-10(9)15/h1-6,9H,7-8H2.